The molecular formula is C19H21F2NO3S. The molecule has 0 aliphatic carbocycles. The number of hydrogen-bond acceptors (Lipinski definition) is 4. The third kappa shape index (κ3) is 4.09. The van der Waals surface area contributed by atoms with Crippen molar-refractivity contribution in [3.8, 4) is 0 Å². The van der Waals surface area contributed by atoms with Crippen molar-refractivity contribution in [1.82, 2.24) is 4.90 Å². The zero-order valence-corrected chi connectivity index (χ0v) is 16.0. The highest BCUT2D eigenvalue weighted by Crippen LogP contribution is 2.28. The summed E-state index contributed by atoms with van der Waals surface area (Å²) in [7, 11) is 1.45. The van der Waals surface area contributed by atoms with Gasteiger partial charge >= 0.3 is 5.97 Å². The standard InChI is InChI=1S/C19H21F2NO3S/c1-5-15-11(3)9-16(26-15)18(23)22(4)17(19(24)25-6-2)12-7-8-13(20)14(21)10-12/h7-10,17H,5-6H2,1-4H3/t17-/m0/s1. The van der Waals surface area contributed by atoms with Crippen LogP contribution in [-0.2, 0) is 16.0 Å². The number of halogens is 2. The summed E-state index contributed by atoms with van der Waals surface area (Å²) in [6, 6.07) is 3.74. The molecule has 140 valence electrons. The van der Waals surface area contributed by atoms with Crippen molar-refractivity contribution in [3.63, 3.8) is 0 Å². The number of nitrogens with zero attached hydrogens (tertiary/aromatic N) is 1. The number of carbonyl (C=O) groups is 2. The Kier molecular flexibility index (Phi) is 6.47. The van der Waals surface area contributed by atoms with Gasteiger partial charge in [0.25, 0.3) is 5.91 Å². The van der Waals surface area contributed by atoms with Crippen LogP contribution in [0.2, 0.25) is 0 Å². The molecule has 1 atom stereocenters. The van der Waals surface area contributed by atoms with Gasteiger partial charge in [-0.15, -0.1) is 11.3 Å². The van der Waals surface area contributed by atoms with Gasteiger partial charge in [-0.1, -0.05) is 13.0 Å². The summed E-state index contributed by atoms with van der Waals surface area (Å²) in [6.45, 7) is 5.67. The molecule has 0 aliphatic heterocycles. The Balaban J connectivity index is 2.41. The van der Waals surface area contributed by atoms with Gasteiger partial charge in [0.1, 0.15) is 0 Å². The highest BCUT2D eigenvalue weighted by molar-refractivity contribution is 7.14. The van der Waals surface area contributed by atoms with Crippen molar-refractivity contribution < 1.29 is 23.1 Å². The molecule has 0 radical (unpaired) electrons. The van der Waals surface area contributed by atoms with Crippen molar-refractivity contribution in [2.75, 3.05) is 13.7 Å². The molecular weight excluding hydrogens is 360 g/mol. The lowest BCUT2D eigenvalue weighted by Gasteiger charge is -2.26. The number of aryl methyl sites for hydroxylation is 2. The first-order valence-electron chi connectivity index (χ1n) is 8.28. The van der Waals surface area contributed by atoms with Crippen LogP contribution in [0.3, 0.4) is 0 Å². The largest absolute Gasteiger partial charge is 0.464 e. The van der Waals surface area contributed by atoms with Gasteiger partial charge in [0.2, 0.25) is 0 Å². The Bertz CT molecular complexity index is 819. The number of thiophene rings is 1. The maximum atomic E-state index is 13.6. The van der Waals surface area contributed by atoms with E-state index < -0.39 is 23.6 Å². The van der Waals surface area contributed by atoms with Crippen molar-refractivity contribution >= 4 is 23.2 Å². The predicted molar refractivity (Wildman–Crippen MR) is 96.3 cm³/mol. The summed E-state index contributed by atoms with van der Waals surface area (Å²) in [5.74, 6) is -3.18. The molecule has 0 aliphatic rings. The second-order valence-corrected chi connectivity index (χ2v) is 6.95. The van der Waals surface area contributed by atoms with Gasteiger partial charge in [-0.05, 0) is 49.6 Å². The molecule has 4 nitrogen and oxygen atoms in total. The molecule has 7 heteroatoms. The van der Waals surface area contributed by atoms with Crippen LogP contribution in [0.4, 0.5) is 8.78 Å². The number of esters is 1. The van der Waals surface area contributed by atoms with Crippen LogP contribution in [0.15, 0.2) is 24.3 Å². The first-order valence-corrected chi connectivity index (χ1v) is 9.09. The fourth-order valence-corrected chi connectivity index (χ4v) is 3.79. The molecule has 0 unspecified atom stereocenters. The molecule has 1 aromatic heterocycles. The van der Waals surface area contributed by atoms with Crippen LogP contribution in [0.1, 0.15) is 45.6 Å². The molecule has 2 aromatic rings. The van der Waals surface area contributed by atoms with Gasteiger partial charge < -0.3 is 9.64 Å². The van der Waals surface area contributed by atoms with Gasteiger partial charge in [0.05, 0.1) is 11.5 Å². The van der Waals surface area contributed by atoms with E-state index in [4.69, 9.17) is 4.74 Å². The van der Waals surface area contributed by atoms with Crippen LogP contribution in [0.25, 0.3) is 0 Å². The Hall–Kier alpha value is -2.28. The van der Waals surface area contributed by atoms with Crippen LogP contribution in [0.5, 0.6) is 0 Å². The van der Waals surface area contributed by atoms with Gasteiger partial charge in [0, 0.05) is 11.9 Å². The molecule has 0 saturated heterocycles. The predicted octanol–water partition coefficient (Wildman–Crippen LogP) is 4.27. The molecule has 0 saturated carbocycles. The van der Waals surface area contributed by atoms with E-state index in [0.717, 1.165) is 29.0 Å². The summed E-state index contributed by atoms with van der Waals surface area (Å²) < 4.78 is 31.9. The van der Waals surface area contributed by atoms with Gasteiger partial charge in [-0.3, -0.25) is 4.79 Å². The number of benzene rings is 1. The molecule has 0 bridgehead atoms. The number of amides is 1. The number of rotatable bonds is 6. The monoisotopic (exact) mass is 381 g/mol. The van der Waals surface area contributed by atoms with E-state index in [1.807, 2.05) is 13.8 Å². The summed E-state index contributed by atoms with van der Waals surface area (Å²) in [6.07, 6.45) is 0.804. The van der Waals surface area contributed by atoms with Crippen LogP contribution in [-0.4, -0.2) is 30.4 Å². The Morgan fingerprint density at radius 3 is 2.42 bits per heavy atom. The zero-order chi connectivity index (χ0) is 19.4. The molecule has 1 heterocycles. The second-order valence-electron chi connectivity index (χ2n) is 5.81. The molecule has 1 amide bonds. The maximum absolute atomic E-state index is 13.6. The SMILES string of the molecule is CCOC(=O)[C@H](c1ccc(F)c(F)c1)N(C)C(=O)c1cc(C)c(CC)s1. The minimum absolute atomic E-state index is 0.110. The Morgan fingerprint density at radius 2 is 1.88 bits per heavy atom. The molecule has 26 heavy (non-hydrogen) atoms. The van der Waals surface area contributed by atoms with Crippen molar-refractivity contribution in [2.45, 2.75) is 33.2 Å². The summed E-state index contributed by atoms with van der Waals surface area (Å²) in [5, 5.41) is 0. The highest BCUT2D eigenvalue weighted by Gasteiger charge is 2.32. The Labute approximate surface area is 155 Å². The van der Waals surface area contributed by atoms with Gasteiger partial charge in [-0.2, -0.15) is 0 Å². The fraction of sp³-hybridized carbons (Fsp3) is 0.368. The smallest absolute Gasteiger partial charge is 0.333 e. The van der Waals surface area contributed by atoms with E-state index in [-0.39, 0.29) is 18.1 Å². The van der Waals surface area contributed by atoms with Crippen molar-refractivity contribution in [1.29, 1.82) is 0 Å². The van der Waals surface area contributed by atoms with E-state index in [9.17, 15) is 18.4 Å². The molecule has 1 aromatic carbocycles. The lowest BCUT2D eigenvalue weighted by molar-refractivity contribution is -0.148. The van der Waals surface area contributed by atoms with E-state index in [1.165, 1.54) is 29.4 Å². The lowest BCUT2D eigenvalue weighted by atomic mass is 10.0. The van der Waals surface area contributed by atoms with Crippen molar-refractivity contribution in [2.24, 2.45) is 0 Å². The average molecular weight is 381 g/mol. The van der Waals surface area contributed by atoms with Crippen LogP contribution in [0, 0.1) is 18.6 Å². The van der Waals surface area contributed by atoms with Crippen LogP contribution >= 0.6 is 11.3 Å². The summed E-state index contributed by atoms with van der Waals surface area (Å²) in [5.41, 5.74) is 1.16. The molecule has 0 fully saturated rings. The third-order valence-corrected chi connectivity index (χ3v) is 5.40. The number of hydrogen-bond donors (Lipinski definition) is 0. The first-order chi connectivity index (χ1) is 12.3. The average Bonchev–Trinajstić information content (AvgIpc) is 2.98. The topological polar surface area (TPSA) is 46.6 Å². The maximum Gasteiger partial charge on any atom is 0.333 e. The van der Waals surface area contributed by atoms with Crippen molar-refractivity contribution in [3.05, 3.63) is 56.8 Å². The van der Waals surface area contributed by atoms with E-state index in [1.54, 1.807) is 13.0 Å². The quantitative estimate of drug-likeness (QED) is 0.702. The minimum atomic E-state index is -1.16. The van der Waals surface area contributed by atoms with E-state index in [2.05, 4.69) is 0 Å². The molecule has 0 N–H and O–H groups in total. The number of ether oxygens (including phenoxy) is 1. The molecule has 0 spiro atoms. The number of carbonyl (C=O) groups excluding carboxylic acids is 2. The van der Waals surface area contributed by atoms with E-state index in [0.29, 0.717) is 4.88 Å². The summed E-state index contributed by atoms with van der Waals surface area (Å²) in [4.78, 5) is 28.1. The zero-order valence-electron chi connectivity index (χ0n) is 15.1. The van der Waals surface area contributed by atoms with E-state index >= 15 is 0 Å². The fourth-order valence-electron chi connectivity index (χ4n) is 2.69. The van der Waals surface area contributed by atoms with Gasteiger partial charge in [-0.25, -0.2) is 13.6 Å². The normalized spacial score (nSPS) is 11.9. The summed E-state index contributed by atoms with van der Waals surface area (Å²) >= 11 is 1.36. The third-order valence-electron chi connectivity index (χ3n) is 4.03. The minimum Gasteiger partial charge on any atom is -0.464 e. The second kappa shape index (κ2) is 8.40. The van der Waals surface area contributed by atoms with Gasteiger partial charge in [0.15, 0.2) is 17.7 Å². The Morgan fingerprint density at radius 1 is 1.19 bits per heavy atom. The van der Waals surface area contributed by atoms with Crippen LogP contribution < -0.4 is 0 Å². The highest BCUT2D eigenvalue weighted by atomic mass is 32.1. The lowest BCUT2D eigenvalue weighted by Crippen LogP contribution is -2.36. The number of likely N-dealkylation sites (N-methyl/N-ethyl adjacent to an activating group) is 1. The molecule has 2 rings (SSSR count). The first kappa shape index (κ1) is 20.0.